The zero-order chi connectivity index (χ0) is 13.1. The van der Waals surface area contributed by atoms with Gasteiger partial charge < -0.3 is 14.8 Å². The summed E-state index contributed by atoms with van der Waals surface area (Å²) in [4.78, 5) is 0. The van der Waals surface area contributed by atoms with E-state index in [-0.39, 0.29) is 6.10 Å². The first-order valence-corrected chi connectivity index (χ1v) is 6.78. The molecule has 1 heterocycles. The van der Waals surface area contributed by atoms with E-state index < -0.39 is 0 Å². The van der Waals surface area contributed by atoms with Crippen molar-refractivity contribution in [2.45, 2.75) is 19.1 Å². The van der Waals surface area contributed by atoms with Crippen LogP contribution in [-0.4, -0.2) is 31.9 Å². The van der Waals surface area contributed by atoms with Gasteiger partial charge in [-0.2, -0.15) is 0 Å². The van der Waals surface area contributed by atoms with Crippen LogP contribution in [-0.2, 0) is 4.74 Å². The number of hydrogen-bond donors (Lipinski definition) is 1. The van der Waals surface area contributed by atoms with Crippen LogP contribution in [0.25, 0.3) is 10.8 Å². The van der Waals surface area contributed by atoms with Crippen LogP contribution >= 0.6 is 0 Å². The third-order valence-electron chi connectivity index (χ3n) is 3.43. The van der Waals surface area contributed by atoms with Crippen LogP contribution in [0.1, 0.15) is 6.92 Å². The molecule has 0 saturated carbocycles. The smallest absolute Gasteiger partial charge is 0.120 e. The van der Waals surface area contributed by atoms with Gasteiger partial charge in [0.1, 0.15) is 18.5 Å². The first-order chi connectivity index (χ1) is 9.31. The van der Waals surface area contributed by atoms with E-state index in [4.69, 9.17) is 9.47 Å². The van der Waals surface area contributed by atoms with Gasteiger partial charge in [-0.05, 0) is 29.8 Å². The largest absolute Gasteiger partial charge is 0.491 e. The minimum absolute atomic E-state index is 0.141. The number of hydrogen-bond acceptors (Lipinski definition) is 3. The Morgan fingerprint density at radius 1 is 1.21 bits per heavy atom. The number of morpholine rings is 1. The molecule has 1 N–H and O–H groups in total. The molecule has 0 aliphatic carbocycles. The van der Waals surface area contributed by atoms with Gasteiger partial charge in [0.15, 0.2) is 0 Å². The van der Waals surface area contributed by atoms with Gasteiger partial charge in [-0.3, -0.25) is 0 Å². The molecule has 1 aliphatic rings. The van der Waals surface area contributed by atoms with Crippen LogP contribution in [0.4, 0.5) is 0 Å². The fourth-order valence-corrected chi connectivity index (χ4v) is 2.28. The zero-order valence-electron chi connectivity index (χ0n) is 11.1. The van der Waals surface area contributed by atoms with Crippen LogP contribution < -0.4 is 10.1 Å². The summed E-state index contributed by atoms with van der Waals surface area (Å²) in [6.45, 7) is 4.33. The van der Waals surface area contributed by atoms with Crippen molar-refractivity contribution in [2.75, 3.05) is 19.8 Å². The van der Waals surface area contributed by atoms with Gasteiger partial charge in [0.2, 0.25) is 0 Å². The number of fused-ring (bicyclic) bond motifs is 1. The molecule has 19 heavy (non-hydrogen) atoms. The summed E-state index contributed by atoms with van der Waals surface area (Å²) in [6.07, 6.45) is 0.141. The summed E-state index contributed by atoms with van der Waals surface area (Å²) in [7, 11) is 0. The van der Waals surface area contributed by atoms with Crippen molar-refractivity contribution in [2.24, 2.45) is 0 Å². The summed E-state index contributed by atoms with van der Waals surface area (Å²) in [6, 6.07) is 14.9. The molecule has 2 atom stereocenters. The highest BCUT2D eigenvalue weighted by atomic mass is 16.5. The Bertz CT molecular complexity index is 547. The van der Waals surface area contributed by atoms with Gasteiger partial charge >= 0.3 is 0 Å². The van der Waals surface area contributed by atoms with Crippen molar-refractivity contribution in [1.82, 2.24) is 5.32 Å². The second-order valence-corrected chi connectivity index (χ2v) is 5.08. The maximum absolute atomic E-state index is 5.82. The molecule has 1 fully saturated rings. The van der Waals surface area contributed by atoms with Crippen LogP contribution in [0.3, 0.4) is 0 Å². The quantitative estimate of drug-likeness (QED) is 0.916. The van der Waals surface area contributed by atoms with Crippen LogP contribution in [0, 0.1) is 0 Å². The van der Waals surface area contributed by atoms with Crippen molar-refractivity contribution in [3.63, 3.8) is 0 Å². The van der Waals surface area contributed by atoms with E-state index in [1.165, 1.54) is 10.8 Å². The molecule has 2 unspecified atom stereocenters. The molecule has 0 aromatic heterocycles. The number of benzene rings is 2. The van der Waals surface area contributed by atoms with E-state index in [1.807, 2.05) is 18.2 Å². The third kappa shape index (κ3) is 3.06. The lowest BCUT2D eigenvalue weighted by Gasteiger charge is -2.28. The SMILES string of the molecule is CC1COC(COc2ccc3ccccc3c2)CN1. The maximum Gasteiger partial charge on any atom is 0.120 e. The van der Waals surface area contributed by atoms with E-state index in [2.05, 4.69) is 36.5 Å². The van der Waals surface area contributed by atoms with E-state index in [9.17, 15) is 0 Å². The Labute approximate surface area is 113 Å². The van der Waals surface area contributed by atoms with Gasteiger partial charge in [0.05, 0.1) is 6.61 Å². The minimum atomic E-state index is 0.141. The molecule has 2 aromatic carbocycles. The Morgan fingerprint density at radius 2 is 2.05 bits per heavy atom. The lowest BCUT2D eigenvalue weighted by Crippen LogP contribution is -2.46. The molecule has 1 saturated heterocycles. The van der Waals surface area contributed by atoms with Gasteiger partial charge in [-0.15, -0.1) is 0 Å². The summed E-state index contributed by atoms with van der Waals surface area (Å²) in [5, 5.41) is 5.83. The molecule has 3 heteroatoms. The Kier molecular flexibility index (Phi) is 3.67. The lowest BCUT2D eigenvalue weighted by molar-refractivity contribution is -0.0165. The standard InChI is InChI=1S/C16H19NO2/c1-12-10-18-16(9-17-12)11-19-15-7-6-13-4-2-3-5-14(13)8-15/h2-8,12,16-17H,9-11H2,1H3. The van der Waals surface area contributed by atoms with Gasteiger partial charge in [0.25, 0.3) is 0 Å². The summed E-state index contributed by atoms with van der Waals surface area (Å²) < 4.78 is 11.5. The first kappa shape index (κ1) is 12.5. The fraction of sp³-hybridized carbons (Fsp3) is 0.375. The van der Waals surface area contributed by atoms with Crippen LogP contribution in [0.2, 0.25) is 0 Å². The van der Waals surface area contributed by atoms with Crippen molar-refractivity contribution < 1.29 is 9.47 Å². The second-order valence-electron chi connectivity index (χ2n) is 5.08. The molecule has 0 radical (unpaired) electrons. The second kappa shape index (κ2) is 5.59. The van der Waals surface area contributed by atoms with Crippen molar-refractivity contribution in [1.29, 1.82) is 0 Å². The van der Waals surface area contributed by atoms with Crippen LogP contribution in [0.15, 0.2) is 42.5 Å². The average molecular weight is 257 g/mol. The highest BCUT2D eigenvalue weighted by Crippen LogP contribution is 2.20. The predicted octanol–water partition coefficient (Wildman–Crippen LogP) is 2.60. The highest BCUT2D eigenvalue weighted by Gasteiger charge is 2.18. The van der Waals surface area contributed by atoms with E-state index >= 15 is 0 Å². The number of ether oxygens (including phenoxy) is 2. The molecule has 3 rings (SSSR count). The topological polar surface area (TPSA) is 30.5 Å². The molecule has 0 amide bonds. The van der Waals surface area contributed by atoms with E-state index in [1.54, 1.807) is 0 Å². The molecule has 3 nitrogen and oxygen atoms in total. The molecule has 1 aliphatic heterocycles. The molecular weight excluding hydrogens is 238 g/mol. The molecule has 0 spiro atoms. The Hall–Kier alpha value is -1.58. The summed E-state index contributed by atoms with van der Waals surface area (Å²) in [5.74, 6) is 0.904. The lowest BCUT2D eigenvalue weighted by atomic mass is 10.1. The van der Waals surface area contributed by atoms with Crippen LogP contribution in [0.5, 0.6) is 5.75 Å². The van der Waals surface area contributed by atoms with Gasteiger partial charge in [-0.1, -0.05) is 30.3 Å². The number of nitrogens with one attached hydrogen (secondary N) is 1. The monoisotopic (exact) mass is 257 g/mol. The van der Waals surface area contributed by atoms with E-state index in [0.717, 1.165) is 18.9 Å². The third-order valence-corrected chi connectivity index (χ3v) is 3.43. The predicted molar refractivity (Wildman–Crippen MR) is 76.6 cm³/mol. The summed E-state index contributed by atoms with van der Waals surface area (Å²) >= 11 is 0. The van der Waals surface area contributed by atoms with Gasteiger partial charge in [0, 0.05) is 12.6 Å². The van der Waals surface area contributed by atoms with Gasteiger partial charge in [-0.25, -0.2) is 0 Å². The number of rotatable bonds is 3. The molecule has 2 aromatic rings. The molecule has 100 valence electrons. The Balaban J connectivity index is 1.62. The molecular formula is C16H19NO2. The van der Waals surface area contributed by atoms with Crippen molar-refractivity contribution >= 4 is 10.8 Å². The molecule has 0 bridgehead atoms. The normalized spacial score (nSPS) is 23.4. The van der Waals surface area contributed by atoms with E-state index in [0.29, 0.717) is 12.6 Å². The highest BCUT2D eigenvalue weighted by molar-refractivity contribution is 5.83. The zero-order valence-corrected chi connectivity index (χ0v) is 11.1. The van der Waals surface area contributed by atoms with Crippen molar-refractivity contribution in [3.8, 4) is 5.75 Å². The fourth-order valence-electron chi connectivity index (χ4n) is 2.28. The average Bonchev–Trinajstić information content (AvgIpc) is 2.46. The minimum Gasteiger partial charge on any atom is -0.491 e. The first-order valence-electron chi connectivity index (χ1n) is 6.78. The Morgan fingerprint density at radius 3 is 2.84 bits per heavy atom. The maximum atomic E-state index is 5.82. The van der Waals surface area contributed by atoms with Crippen molar-refractivity contribution in [3.05, 3.63) is 42.5 Å². The summed E-state index contributed by atoms with van der Waals surface area (Å²) in [5.41, 5.74) is 0.